The number of hydrogen-bond donors (Lipinski definition) is 0. The molecule has 0 N–H and O–H groups in total. The van der Waals surface area contributed by atoms with Crippen molar-refractivity contribution in [1.29, 1.82) is 0 Å². The zero-order valence-corrected chi connectivity index (χ0v) is 13.8. The van der Waals surface area contributed by atoms with Gasteiger partial charge < -0.3 is 14.2 Å². The highest BCUT2D eigenvalue weighted by molar-refractivity contribution is 7.88. The van der Waals surface area contributed by atoms with Crippen LogP contribution < -0.4 is 0 Å². The molecule has 1 saturated carbocycles. The molecule has 9 heteroatoms. The summed E-state index contributed by atoms with van der Waals surface area (Å²) in [6.07, 6.45) is -0.212. The minimum Gasteiger partial charge on any atom is -0.463 e. The second-order valence-electron chi connectivity index (χ2n) is 7.00. The molecule has 4 fully saturated rings. The largest absolute Gasteiger partial charge is 0.463 e. The number of esters is 2. The van der Waals surface area contributed by atoms with Crippen molar-refractivity contribution in [3.05, 3.63) is 0 Å². The maximum atomic E-state index is 12.5. The fraction of sp³-hybridized carbons (Fsp3) is 0.857. The highest BCUT2D eigenvalue weighted by Gasteiger charge is 2.90. The van der Waals surface area contributed by atoms with Crippen LogP contribution in [0.15, 0.2) is 0 Å². The zero-order valence-electron chi connectivity index (χ0n) is 13.0. The van der Waals surface area contributed by atoms with Crippen LogP contribution in [0.25, 0.3) is 0 Å². The lowest BCUT2D eigenvalue weighted by molar-refractivity contribution is -0.240. The molecular formula is C14H18O8S. The number of ether oxygens (including phenoxy) is 3. The maximum Gasteiger partial charge on any atom is 0.309 e. The van der Waals surface area contributed by atoms with Crippen molar-refractivity contribution in [3.8, 4) is 0 Å². The average Bonchev–Trinajstić information content (AvgIpc) is 2.82. The minimum absolute atomic E-state index is 0.0395. The van der Waals surface area contributed by atoms with Crippen molar-refractivity contribution in [2.24, 2.45) is 11.8 Å². The summed E-state index contributed by atoms with van der Waals surface area (Å²) in [5.74, 6) is -1.84. The molecule has 4 aliphatic rings. The van der Waals surface area contributed by atoms with Crippen LogP contribution in [0.5, 0.6) is 0 Å². The van der Waals surface area contributed by atoms with Crippen LogP contribution in [0.4, 0.5) is 0 Å². The number of carbonyl (C=O) groups is 2. The Bertz CT molecular complexity index is 716. The summed E-state index contributed by atoms with van der Waals surface area (Å²) >= 11 is 0. The summed E-state index contributed by atoms with van der Waals surface area (Å²) in [6, 6.07) is 0. The van der Waals surface area contributed by atoms with Gasteiger partial charge in [-0.15, -0.1) is 0 Å². The lowest BCUT2D eigenvalue weighted by Crippen LogP contribution is -2.79. The Morgan fingerprint density at radius 2 is 1.96 bits per heavy atom. The summed E-state index contributed by atoms with van der Waals surface area (Å²) < 4.78 is 46.9. The van der Waals surface area contributed by atoms with Gasteiger partial charge in [-0.1, -0.05) is 6.92 Å². The van der Waals surface area contributed by atoms with Gasteiger partial charge in [0.1, 0.15) is 23.9 Å². The zero-order chi connectivity index (χ0) is 16.8. The normalized spacial score (nSPS) is 51.0. The molecule has 0 aromatic heterocycles. The fourth-order valence-electron chi connectivity index (χ4n) is 4.90. The smallest absolute Gasteiger partial charge is 0.309 e. The van der Waals surface area contributed by atoms with Crippen molar-refractivity contribution in [2.75, 3.05) is 6.61 Å². The molecule has 3 bridgehead atoms. The van der Waals surface area contributed by atoms with Crippen molar-refractivity contribution >= 4 is 22.1 Å². The van der Waals surface area contributed by atoms with Crippen molar-refractivity contribution in [2.45, 2.75) is 55.9 Å². The van der Waals surface area contributed by atoms with E-state index in [1.54, 1.807) is 0 Å². The summed E-state index contributed by atoms with van der Waals surface area (Å²) in [7, 11) is -4.04. The molecule has 0 radical (unpaired) electrons. The molecule has 23 heavy (non-hydrogen) atoms. The lowest BCUT2D eigenvalue weighted by atomic mass is 9.55. The van der Waals surface area contributed by atoms with E-state index < -0.39 is 50.2 Å². The van der Waals surface area contributed by atoms with E-state index in [0.717, 1.165) is 0 Å². The molecule has 1 aliphatic carbocycles. The third kappa shape index (κ3) is 1.56. The van der Waals surface area contributed by atoms with Crippen molar-refractivity contribution in [3.63, 3.8) is 0 Å². The molecule has 0 aromatic rings. The van der Waals surface area contributed by atoms with E-state index >= 15 is 0 Å². The van der Waals surface area contributed by atoms with E-state index in [4.69, 9.17) is 18.4 Å². The maximum absolute atomic E-state index is 12.5. The van der Waals surface area contributed by atoms with Crippen molar-refractivity contribution in [1.82, 2.24) is 0 Å². The number of rotatable bonds is 3. The first-order chi connectivity index (χ1) is 10.6. The van der Waals surface area contributed by atoms with Crippen molar-refractivity contribution < 1.29 is 36.4 Å². The molecule has 0 amide bonds. The first kappa shape index (κ1) is 15.3. The second-order valence-corrected chi connectivity index (χ2v) is 8.79. The molecule has 6 atom stereocenters. The Balaban J connectivity index is 1.73. The Labute approximate surface area is 133 Å². The van der Waals surface area contributed by atoms with E-state index in [2.05, 4.69) is 0 Å². The molecule has 3 heterocycles. The number of hydrogen-bond acceptors (Lipinski definition) is 8. The molecule has 4 rings (SSSR count). The summed E-state index contributed by atoms with van der Waals surface area (Å²) in [5.41, 5.74) is -1.57. The Hall–Kier alpha value is -1.19. The van der Waals surface area contributed by atoms with E-state index in [0.29, 0.717) is 6.42 Å². The first-order valence-electron chi connectivity index (χ1n) is 7.55. The monoisotopic (exact) mass is 346 g/mol. The number of fused-ring (bicyclic) bond motifs is 3. The Morgan fingerprint density at radius 1 is 1.26 bits per heavy atom. The molecule has 3 saturated heterocycles. The van der Waals surface area contributed by atoms with Gasteiger partial charge in [0.2, 0.25) is 4.93 Å². The van der Waals surface area contributed by atoms with Crippen LogP contribution in [0.3, 0.4) is 0 Å². The summed E-state index contributed by atoms with van der Waals surface area (Å²) in [5, 5.41) is 0. The van der Waals surface area contributed by atoms with Gasteiger partial charge in [-0.05, 0) is 6.42 Å². The molecule has 128 valence electrons. The molecule has 0 aromatic carbocycles. The van der Waals surface area contributed by atoms with Gasteiger partial charge in [-0.3, -0.25) is 13.8 Å². The van der Waals surface area contributed by atoms with E-state index in [-0.39, 0.29) is 18.9 Å². The van der Waals surface area contributed by atoms with Crippen LogP contribution in [0.2, 0.25) is 0 Å². The van der Waals surface area contributed by atoms with Gasteiger partial charge >= 0.3 is 22.1 Å². The van der Waals surface area contributed by atoms with E-state index in [9.17, 15) is 18.0 Å². The van der Waals surface area contributed by atoms with Gasteiger partial charge in [-0.25, -0.2) is 0 Å². The second kappa shape index (κ2) is 4.07. The van der Waals surface area contributed by atoms with Crippen LogP contribution in [0, 0.1) is 11.8 Å². The van der Waals surface area contributed by atoms with Crippen LogP contribution in [0.1, 0.15) is 33.6 Å². The minimum atomic E-state index is -4.04. The van der Waals surface area contributed by atoms with Gasteiger partial charge in [0, 0.05) is 26.2 Å². The third-order valence-corrected chi connectivity index (χ3v) is 7.66. The predicted molar refractivity (Wildman–Crippen MR) is 73.4 cm³/mol. The molecule has 6 unspecified atom stereocenters. The fourth-order valence-corrected chi connectivity index (χ4v) is 6.92. The van der Waals surface area contributed by atoms with E-state index in [1.807, 2.05) is 6.92 Å². The highest BCUT2D eigenvalue weighted by Crippen LogP contribution is 2.75. The molecule has 3 aliphatic heterocycles. The highest BCUT2D eigenvalue weighted by atomic mass is 32.2. The first-order valence-corrected chi connectivity index (χ1v) is 8.95. The SMILES string of the molecule is CC(=O)OCC12CC3C4(CC3(OC(C)=O)S(=O)(=O)OC4C1C)O2. The summed E-state index contributed by atoms with van der Waals surface area (Å²) in [6.45, 7) is 4.36. The van der Waals surface area contributed by atoms with Gasteiger partial charge in [-0.2, -0.15) is 8.42 Å². The summed E-state index contributed by atoms with van der Waals surface area (Å²) in [4.78, 5) is 20.9. The van der Waals surface area contributed by atoms with Crippen LogP contribution in [-0.4, -0.2) is 49.2 Å². The molecular weight excluding hydrogens is 328 g/mol. The standard InChI is InChI=1S/C14H18O8S/c1-7-11-13-5-14(20-9(3)16,23(17,18)21-11)10(13)4-12(7,22-13)6-19-8(2)15/h7,10-11H,4-6H2,1-3H3. The Kier molecular flexibility index (Phi) is 2.71. The average molecular weight is 346 g/mol. The van der Waals surface area contributed by atoms with Gasteiger partial charge in [0.05, 0.1) is 5.92 Å². The molecule has 8 nitrogen and oxygen atoms in total. The Morgan fingerprint density at radius 3 is 2.57 bits per heavy atom. The van der Waals surface area contributed by atoms with Crippen LogP contribution in [-0.2, 0) is 38.1 Å². The van der Waals surface area contributed by atoms with Gasteiger partial charge in [0.25, 0.3) is 0 Å². The third-order valence-electron chi connectivity index (χ3n) is 5.84. The molecule has 1 spiro atoms. The lowest BCUT2D eigenvalue weighted by Gasteiger charge is -2.62. The van der Waals surface area contributed by atoms with Crippen LogP contribution >= 0.6 is 0 Å². The van der Waals surface area contributed by atoms with Gasteiger partial charge in [0.15, 0.2) is 0 Å². The predicted octanol–water partition coefficient (Wildman–Crippen LogP) is 0.105. The quantitative estimate of drug-likeness (QED) is 0.523. The topological polar surface area (TPSA) is 105 Å². The van der Waals surface area contributed by atoms with E-state index in [1.165, 1.54) is 13.8 Å². The number of carbonyl (C=O) groups excluding carboxylic acids is 2.